The maximum atomic E-state index is 10.4. The van der Waals surface area contributed by atoms with Gasteiger partial charge in [-0.1, -0.05) is 18.2 Å². The Labute approximate surface area is 65.2 Å². The molecule has 0 spiro atoms. The van der Waals surface area contributed by atoms with Gasteiger partial charge >= 0.3 is 5.97 Å². The van der Waals surface area contributed by atoms with E-state index >= 15 is 0 Å². The van der Waals surface area contributed by atoms with Gasteiger partial charge in [-0.3, -0.25) is 4.79 Å². The molecule has 0 aliphatic heterocycles. The highest BCUT2D eigenvalue weighted by Crippen LogP contribution is 2.11. The van der Waals surface area contributed by atoms with Gasteiger partial charge in [0.25, 0.3) is 0 Å². The summed E-state index contributed by atoms with van der Waals surface area (Å²) in [6.07, 6.45) is 7.47. The number of carbonyl (C=O) groups is 1. The predicted molar refractivity (Wildman–Crippen MR) is 42.1 cm³/mol. The molecule has 60 valence electrons. The van der Waals surface area contributed by atoms with Crippen LogP contribution in [-0.2, 0) is 4.79 Å². The minimum Gasteiger partial charge on any atom is -0.480 e. The van der Waals surface area contributed by atoms with Crippen LogP contribution in [-0.4, -0.2) is 17.1 Å². The fraction of sp³-hybridized carbons (Fsp3) is 0.375. The summed E-state index contributed by atoms with van der Waals surface area (Å²) < 4.78 is 0. The van der Waals surface area contributed by atoms with E-state index < -0.39 is 12.0 Å². The zero-order valence-corrected chi connectivity index (χ0v) is 6.16. The Morgan fingerprint density at radius 3 is 2.82 bits per heavy atom. The lowest BCUT2D eigenvalue weighted by molar-refractivity contribution is -0.137. The molecule has 0 heterocycles. The van der Waals surface area contributed by atoms with Gasteiger partial charge < -0.3 is 10.8 Å². The first-order chi connectivity index (χ1) is 5.22. The van der Waals surface area contributed by atoms with Crippen molar-refractivity contribution in [2.75, 3.05) is 0 Å². The lowest BCUT2D eigenvalue weighted by atomic mass is 10.0. The molecule has 0 aromatic carbocycles. The van der Waals surface area contributed by atoms with Crippen molar-refractivity contribution >= 4 is 5.97 Å². The van der Waals surface area contributed by atoms with E-state index in [1.807, 2.05) is 12.2 Å². The molecule has 3 heteroatoms. The first-order valence-electron chi connectivity index (χ1n) is 3.57. The second-order valence-electron chi connectivity index (χ2n) is 2.50. The van der Waals surface area contributed by atoms with Crippen molar-refractivity contribution in [3.63, 3.8) is 0 Å². The van der Waals surface area contributed by atoms with Gasteiger partial charge in [-0.05, 0) is 18.4 Å². The van der Waals surface area contributed by atoms with Gasteiger partial charge in [-0.2, -0.15) is 0 Å². The molecule has 0 amide bonds. The first kappa shape index (κ1) is 8.01. The molecule has 3 nitrogen and oxygen atoms in total. The lowest BCUT2D eigenvalue weighted by Crippen LogP contribution is -2.31. The topological polar surface area (TPSA) is 63.3 Å². The normalized spacial score (nSPS) is 19.2. The van der Waals surface area contributed by atoms with E-state index in [-0.39, 0.29) is 0 Å². The van der Waals surface area contributed by atoms with Gasteiger partial charge in [-0.25, -0.2) is 0 Å². The van der Waals surface area contributed by atoms with Gasteiger partial charge in [0.2, 0.25) is 0 Å². The molecule has 11 heavy (non-hydrogen) atoms. The monoisotopic (exact) mass is 153 g/mol. The molecule has 0 radical (unpaired) electrons. The summed E-state index contributed by atoms with van der Waals surface area (Å²) in [6, 6.07) is -0.855. The van der Waals surface area contributed by atoms with Crippen LogP contribution >= 0.6 is 0 Å². The summed E-state index contributed by atoms with van der Waals surface area (Å²) >= 11 is 0. The number of carboxylic acids is 1. The molecule has 3 N–H and O–H groups in total. The summed E-state index contributed by atoms with van der Waals surface area (Å²) in [6.45, 7) is 0. The SMILES string of the molecule is N[C@@H](C(=O)O)C1=CCCC=C1. The summed E-state index contributed by atoms with van der Waals surface area (Å²) in [4.78, 5) is 10.4. The largest absolute Gasteiger partial charge is 0.480 e. The second kappa shape index (κ2) is 3.34. The van der Waals surface area contributed by atoms with Crippen LogP contribution in [0.2, 0.25) is 0 Å². The van der Waals surface area contributed by atoms with E-state index in [0.29, 0.717) is 5.57 Å². The predicted octanol–water partition coefficient (Wildman–Crippen LogP) is 0.675. The molecule has 1 aliphatic rings. The Balaban J connectivity index is 2.66. The van der Waals surface area contributed by atoms with Crippen molar-refractivity contribution in [2.45, 2.75) is 18.9 Å². The molecular formula is C8H11NO2. The zero-order chi connectivity index (χ0) is 8.27. The minimum absolute atomic E-state index is 0.712. The molecule has 0 unspecified atom stereocenters. The second-order valence-corrected chi connectivity index (χ2v) is 2.50. The van der Waals surface area contributed by atoms with Crippen LogP contribution in [0.15, 0.2) is 23.8 Å². The van der Waals surface area contributed by atoms with Gasteiger partial charge in [-0.15, -0.1) is 0 Å². The number of aliphatic carboxylic acids is 1. The Bertz CT molecular complexity index is 218. The number of allylic oxidation sites excluding steroid dienone is 2. The number of hydrogen-bond acceptors (Lipinski definition) is 2. The maximum absolute atomic E-state index is 10.4. The molecule has 0 bridgehead atoms. The Hall–Kier alpha value is -1.09. The fourth-order valence-corrected chi connectivity index (χ4v) is 1.01. The van der Waals surface area contributed by atoms with E-state index in [9.17, 15) is 4.79 Å². The summed E-state index contributed by atoms with van der Waals surface area (Å²) in [5, 5.41) is 8.53. The third-order valence-corrected chi connectivity index (χ3v) is 1.65. The molecule has 1 atom stereocenters. The molecule has 0 aromatic rings. The van der Waals surface area contributed by atoms with E-state index in [4.69, 9.17) is 10.8 Å². The van der Waals surface area contributed by atoms with E-state index in [2.05, 4.69) is 0 Å². The zero-order valence-electron chi connectivity index (χ0n) is 6.16. The summed E-state index contributed by atoms with van der Waals surface area (Å²) in [5.74, 6) is -0.970. The van der Waals surface area contributed by atoms with Crippen molar-refractivity contribution in [1.29, 1.82) is 0 Å². The van der Waals surface area contributed by atoms with E-state index in [0.717, 1.165) is 12.8 Å². The highest BCUT2D eigenvalue weighted by Gasteiger charge is 2.15. The van der Waals surface area contributed by atoms with Crippen molar-refractivity contribution < 1.29 is 9.90 Å². The lowest BCUT2D eigenvalue weighted by Gasteiger charge is -2.10. The van der Waals surface area contributed by atoms with Gasteiger partial charge in [0.1, 0.15) is 6.04 Å². The third kappa shape index (κ3) is 1.91. The number of carboxylic acid groups (broad SMARTS) is 1. The van der Waals surface area contributed by atoms with Crippen LogP contribution in [0.5, 0.6) is 0 Å². The number of nitrogens with two attached hydrogens (primary N) is 1. The number of rotatable bonds is 2. The van der Waals surface area contributed by atoms with Crippen LogP contribution in [0.25, 0.3) is 0 Å². The highest BCUT2D eigenvalue weighted by molar-refractivity contribution is 5.78. The maximum Gasteiger partial charge on any atom is 0.325 e. The third-order valence-electron chi connectivity index (χ3n) is 1.65. The summed E-state index contributed by atoms with van der Waals surface area (Å²) in [7, 11) is 0. The van der Waals surface area contributed by atoms with Crippen LogP contribution < -0.4 is 5.73 Å². The average Bonchev–Trinajstić information content (AvgIpc) is 2.05. The fourth-order valence-electron chi connectivity index (χ4n) is 1.01. The van der Waals surface area contributed by atoms with E-state index in [1.54, 1.807) is 6.08 Å². The molecule has 1 aliphatic carbocycles. The molecule has 0 saturated heterocycles. The van der Waals surface area contributed by atoms with Crippen molar-refractivity contribution in [1.82, 2.24) is 0 Å². The number of hydrogen-bond donors (Lipinski definition) is 2. The quantitative estimate of drug-likeness (QED) is 0.613. The van der Waals surface area contributed by atoms with Gasteiger partial charge in [0.05, 0.1) is 0 Å². The van der Waals surface area contributed by atoms with Crippen LogP contribution in [0.1, 0.15) is 12.8 Å². The Morgan fingerprint density at radius 2 is 2.36 bits per heavy atom. The molecular weight excluding hydrogens is 142 g/mol. The first-order valence-corrected chi connectivity index (χ1v) is 3.57. The summed E-state index contributed by atoms with van der Waals surface area (Å²) in [5.41, 5.74) is 6.08. The van der Waals surface area contributed by atoms with Crippen LogP contribution in [0.3, 0.4) is 0 Å². The van der Waals surface area contributed by atoms with Gasteiger partial charge in [0.15, 0.2) is 0 Å². The smallest absolute Gasteiger partial charge is 0.325 e. The average molecular weight is 153 g/mol. The van der Waals surface area contributed by atoms with Gasteiger partial charge in [0, 0.05) is 0 Å². The van der Waals surface area contributed by atoms with Crippen LogP contribution in [0.4, 0.5) is 0 Å². The van der Waals surface area contributed by atoms with Crippen molar-refractivity contribution in [3.8, 4) is 0 Å². The Morgan fingerprint density at radius 1 is 1.64 bits per heavy atom. The van der Waals surface area contributed by atoms with E-state index in [1.165, 1.54) is 0 Å². The van der Waals surface area contributed by atoms with Crippen LogP contribution in [0, 0.1) is 0 Å². The molecule has 0 fully saturated rings. The molecule has 0 aromatic heterocycles. The van der Waals surface area contributed by atoms with Crippen molar-refractivity contribution in [2.24, 2.45) is 5.73 Å². The minimum atomic E-state index is -0.970. The highest BCUT2D eigenvalue weighted by atomic mass is 16.4. The molecule has 0 saturated carbocycles. The molecule has 1 rings (SSSR count). The Kier molecular flexibility index (Phi) is 2.44. The van der Waals surface area contributed by atoms with Crippen molar-refractivity contribution in [3.05, 3.63) is 23.8 Å². The standard InChI is InChI=1S/C8H11NO2/c9-7(8(10)11)6-4-2-1-3-5-6/h2,4-5,7H,1,3,9H2,(H,10,11)/t7-/m1/s1.